The molecule has 0 atom stereocenters. The first-order chi connectivity index (χ1) is 12.7. The summed E-state index contributed by atoms with van der Waals surface area (Å²) < 4.78 is 16.3. The van der Waals surface area contributed by atoms with Gasteiger partial charge in [0, 0.05) is 30.6 Å². The average Bonchev–Trinajstić information content (AvgIpc) is 3.11. The smallest absolute Gasteiger partial charge is 0.259 e. The van der Waals surface area contributed by atoms with E-state index < -0.39 is 0 Å². The molecule has 2 aliphatic heterocycles. The van der Waals surface area contributed by atoms with Crippen LogP contribution in [0.2, 0.25) is 0 Å². The number of carbonyl (C=O) groups excluding carboxylic acids is 1. The molecule has 7 nitrogen and oxygen atoms in total. The predicted molar refractivity (Wildman–Crippen MR) is 96.2 cm³/mol. The van der Waals surface area contributed by atoms with Crippen molar-refractivity contribution in [1.29, 1.82) is 0 Å². The Morgan fingerprint density at radius 3 is 2.58 bits per heavy atom. The molecule has 0 radical (unpaired) electrons. The van der Waals surface area contributed by atoms with E-state index in [-0.39, 0.29) is 11.3 Å². The van der Waals surface area contributed by atoms with Gasteiger partial charge in [-0.3, -0.25) is 4.79 Å². The van der Waals surface area contributed by atoms with Crippen molar-refractivity contribution >= 4 is 11.7 Å². The Morgan fingerprint density at radius 1 is 1.19 bits per heavy atom. The lowest BCUT2D eigenvalue weighted by atomic mass is 9.88. The summed E-state index contributed by atoms with van der Waals surface area (Å²) in [5.74, 6) is 0.916. The number of amides is 1. The predicted octanol–water partition coefficient (Wildman–Crippen LogP) is 1.94. The van der Waals surface area contributed by atoms with Crippen molar-refractivity contribution < 1.29 is 18.8 Å². The van der Waals surface area contributed by atoms with Gasteiger partial charge in [-0.1, -0.05) is 42.4 Å². The first kappa shape index (κ1) is 17.1. The van der Waals surface area contributed by atoms with Crippen molar-refractivity contribution in [2.45, 2.75) is 6.92 Å². The Morgan fingerprint density at radius 2 is 1.92 bits per heavy atom. The van der Waals surface area contributed by atoms with Gasteiger partial charge in [0.1, 0.15) is 5.56 Å². The number of anilines is 1. The molecule has 0 spiro atoms. The molecule has 138 valence electrons. The monoisotopic (exact) mass is 357 g/mol. The molecular formula is C19H23N3O4. The van der Waals surface area contributed by atoms with Crippen molar-refractivity contribution in [2.24, 2.45) is 5.41 Å². The van der Waals surface area contributed by atoms with Crippen LogP contribution in [0.5, 0.6) is 0 Å². The van der Waals surface area contributed by atoms with Crippen LogP contribution in [0, 0.1) is 5.41 Å². The number of aromatic nitrogens is 1. The van der Waals surface area contributed by atoms with E-state index in [0.29, 0.717) is 63.2 Å². The second kappa shape index (κ2) is 7.09. The van der Waals surface area contributed by atoms with Crippen LogP contribution < -0.4 is 10.2 Å². The second-order valence-corrected chi connectivity index (χ2v) is 7.16. The first-order valence-corrected chi connectivity index (χ1v) is 8.90. The number of morpholine rings is 1. The number of nitrogens with zero attached hydrogens (tertiary/aromatic N) is 2. The molecule has 2 fully saturated rings. The van der Waals surface area contributed by atoms with Crippen LogP contribution in [0.3, 0.4) is 0 Å². The van der Waals surface area contributed by atoms with Crippen LogP contribution in [0.1, 0.15) is 17.3 Å². The first-order valence-electron chi connectivity index (χ1n) is 8.90. The molecule has 26 heavy (non-hydrogen) atoms. The zero-order valence-electron chi connectivity index (χ0n) is 14.9. The quantitative estimate of drug-likeness (QED) is 0.881. The van der Waals surface area contributed by atoms with Crippen LogP contribution in [-0.4, -0.2) is 57.1 Å². The van der Waals surface area contributed by atoms with E-state index in [4.69, 9.17) is 14.0 Å². The van der Waals surface area contributed by atoms with Crippen LogP contribution in [-0.2, 0) is 9.47 Å². The summed E-state index contributed by atoms with van der Waals surface area (Å²) in [6, 6.07) is 9.60. The van der Waals surface area contributed by atoms with Crippen molar-refractivity contribution in [3.05, 3.63) is 35.9 Å². The molecule has 1 N–H and O–H groups in total. The molecule has 1 aromatic carbocycles. The highest BCUT2D eigenvalue weighted by molar-refractivity contribution is 6.04. The summed E-state index contributed by atoms with van der Waals surface area (Å²) in [7, 11) is 0. The molecule has 0 bridgehead atoms. The fourth-order valence-corrected chi connectivity index (χ4v) is 3.20. The fourth-order valence-electron chi connectivity index (χ4n) is 3.20. The van der Waals surface area contributed by atoms with Gasteiger partial charge in [-0.05, 0) is 0 Å². The third-order valence-electron chi connectivity index (χ3n) is 4.82. The summed E-state index contributed by atoms with van der Waals surface area (Å²) in [6.07, 6.45) is 0. The lowest BCUT2D eigenvalue weighted by Crippen LogP contribution is -2.48. The molecule has 4 rings (SSSR count). The van der Waals surface area contributed by atoms with E-state index in [1.54, 1.807) is 0 Å². The number of benzene rings is 1. The SMILES string of the molecule is CC1(CNC(=O)c2c(N3CCOCC3)noc2-c2ccccc2)COC1. The van der Waals surface area contributed by atoms with Crippen LogP contribution in [0.15, 0.2) is 34.9 Å². The van der Waals surface area contributed by atoms with Gasteiger partial charge in [-0.25, -0.2) is 0 Å². The Bertz CT molecular complexity index is 764. The highest BCUT2D eigenvalue weighted by Gasteiger charge is 2.35. The highest BCUT2D eigenvalue weighted by atomic mass is 16.5. The summed E-state index contributed by atoms with van der Waals surface area (Å²) >= 11 is 0. The van der Waals surface area contributed by atoms with E-state index >= 15 is 0 Å². The Labute approximate surface area is 152 Å². The van der Waals surface area contributed by atoms with E-state index in [0.717, 1.165) is 5.56 Å². The van der Waals surface area contributed by atoms with Gasteiger partial charge >= 0.3 is 0 Å². The third kappa shape index (κ3) is 3.32. The van der Waals surface area contributed by atoms with E-state index in [1.165, 1.54) is 0 Å². The Balaban J connectivity index is 1.64. The number of hydrogen-bond donors (Lipinski definition) is 1. The highest BCUT2D eigenvalue weighted by Crippen LogP contribution is 2.32. The van der Waals surface area contributed by atoms with Crippen LogP contribution in [0.25, 0.3) is 11.3 Å². The molecule has 0 saturated carbocycles. The molecule has 7 heteroatoms. The number of rotatable bonds is 5. The normalized spacial score (nSPS) is 19.0. The molecule has 1 amide bonds. The number of nitrogens with one attached hydrogen (secondary N) is 1. The molecule has 2 aromatic rings. The standard InChI is InChI=1S/C19H23N3O4/c1-19(12-25-13-19)11-20-18(23)15-16(14-5-3-2-4-6-14)26-21-17(15)22-7-9-24-10-8-22/h2-6H,7-13H2,1H3,(H,20,23). The Kier molecular flexibility index (Phi) is 4.65. The number of ether oxygens (including phenoxy) is 2. The van der Waals surface area contributed by atoms with E-state index in [9.17, 15) is 4.79 Å². The molecule has 2 saturated heterocycles. The van der Waals surface area contributed by atoms with Crippen LogP contribution >= 0.6 is 0 Å². The average molecular weight is 357 g/mol. The molecular weight excluding hydrogens is 334 g/mol. The molecule has 0 unspecified atom stereocenters. The molecule has 2 aliphatic rings. The largest absolute Gasteiger partial charge is 0.380 e. The maximum absolute atomic E-state index is 13.0. The van der Waals surface area contributed by atoms with E-state index in [2.05, 4.69) is 17.4 Å². The van der Waals surface area contributed by atoms with Gasteiger partial charge in [-0.2, -0.15) is 0 Å². The summed E-state index contributed by atoms with van der Waals surface area (Å²) in [5, 5.41) is 7.27. The summed E-state index contributed by atoms with van der Waals surface area (Å²) in [5.41, 5.74) is 1.32. The summed E-state index contributed by atoms with van der Waals surface area (Å²) in [4.78, 5) is 15.1. The minimum Gasteiger partial charge on any atom is -0.380 e. The molecule has 3 heterocycles. The fraction of sp³-hybridized carbons (Fsp3) is 0.474. The maximum atomic E-state index is 13.0. The zero-order valence-corrected chi connectivity index (χ0v) is 14.9. The second-order valence-electron chi connectivity index (χ2n) is 7.16. The van der Waals surface area contributed by atoms with Gasteiger partial charge in [-0.15, -0.1) is 0 Å². The van der Waals surface area contributed by atoms with Crippen molar-refractivity contribution in [3.8, 4) is 11.3 Å². The number of hydrogen-bond acceptors (Lipinski definition) is 6. The number of carbonyl (C=O) groups is 1. The lowest BCUT2D eigenvalue weighted by molar-refractivity contribution is -0.0978. The van der Waals surface area contributed by atoms with Crippen molar-refractivity contribution in [3.63, 3.8) is 0 Å². The van der Waals surface area contributed by atoms with Gasteiger partial charge in [0.15, 0.2) is 11.6 Å². The van der Waals surface area contributed by atoms with Gasteiger partial charge in [0.25, 0.3) is 5.91 Å². The van der Waals surface area contributed by atoms with Crippen molar-refractivity contribution in [1.82, 2.24) is 10.5 Å². The lowest BCUT2D eigenvalue weighted by Gasteiger charge is -2.38. The minimum atomic E-state index is -0.167. The third-order valence-corrected chi connectivity index (χ3v) is 4.82. The topological polar surface area (TPSA) is 76.8 Å². The van der Waals surface area contributed by atoms with Gasteiger partial charge < -0.3 is 24.2 Å². The molecule has 0 aliphatic carbocycles. The van der Waals surface area contributed by atoms with E-state index in [1.807, 2.05) is 35.2 Å². The van der Waals surface area contributed by atoms with Gasteiger partial charge in [0.2, 0.25) is 0 Å². The van der Waals surface area contributed by atoms with Gasteiger partial charge in [0.05, 0.1) is 26.4 Å². The maximum Gasteiger partial charge on any atom is 0.259 e. The summed E-state index contributed by atoms with van der Waals surface area (Å²) in [6.45, 7) is 6.60. The van der Waals surface area contributed by atoms with Crippen LogP contribution in [0.4, 0.5) is 5.82 Å². The Hall–Kier alpha value is -2.38. The minimum absolute atomic E-state index is 0.00113. The zero-order chi connectivity index (χ0) is 18.0. The van der Waals surface area contributed by atoms with Crippen molar-refractivity contribution in [2.75, 3.05) is 51.0 Å². The molecule has 1 aromatic heterocycles.